The predicted molar refractivity (Wildman–Crippen MR) is 99.5 cm³/mol. The number of morpholine rings is 1. The second-order valence-corrected chi connectivity index (χ2v) is 7.49. The van der Waals surface area contributed by atoms with E-state index in [9.17, 15) is 9.18 Å². The van der Waals surface area contributed by atoms with Gasteiger partial charge in [-0.25, -0.2) is 9.18 Å². The number of halogens is 1. The van der Waals surface area contributed by atoms with Crippen molar-refractivity contribution in [2.24, 2.45) is 0 Å². The lowest BCUT2D eigenvalue weighted by Crippen LogP contribution is -2.51. The van der Waals surface area contributed by atoms with Crippen molar-refractivity contribution in [1.29, 1.82) is 0 Å². The smallest absolute Gasteiger partial charge is 0.318 e. The van der Waals surface area contributed by atoms with E-state index in [2.05, 4.69) is 17.3 Å². The first kappa shape index (κ1) is 19.1. The van der Waals surface area contributed by atoms with Gasteiger partial charge in [0.05, 0.1) is 12.7 Å². The minimum Gasteiger partial charge on any atom is -0.374 e. The fourth-order valence-electron chi connectivity index (χ4n) is 3.84. The Morgan fingerprint density at radius 3 is 2.69 bits per heavy atom. The highest BCUT2D eigenvalue weighted by Crippen LogP contribution is 2.24. The van der Waals surface area contributed by atoms with Gasteiger partial charge in [-0.15, -0.1) is 0 Å². The van der Waals surface area contributed by atoms with E-state index in [4.69, 9.17) is 4.74 Å². The van der Waals surface area contributed by atoms with Crippen LogP contribution in [0, 0.1) is 5.82 Å². The number of benzene rings is 1. The maximum atomic E-state index is 13.2. The van der Waals surface area contributed by atoms with Crippen molar-refractivity contribution in [3.8, 4) is 0 Å². The number of nitrogens with one attached hydrogen (secondary N) is 1. The molecule has 1 aliphatic heterocycles. The van der Waals surface area contributed by atoms with Crippen molar-refractivity contribution in [2.45, 2.75) is 50.8 Å². The Morgan fingerprint density at radius 2 is 2.00 bits per heavy atom. The van der Waals surface area contributed by atoms with Gasteiger partial charge < -0.3 is 19.9 Å². The fraction of sp³-hybridized carbons (Fsp3) is 0.650. The van der Waals surface area contributed by atoms with Crippen molar-refractivity contribution < 1.29 is 13.9 Å². The van der Waals surface area contributed by atoms with Crippen molar-refractivity contribution in [3.05, 3.63) is 35.6 Å². The van der Waals surface area contributed by atoms with Crippen molar-refractivity contribution in [1.82, 2.24) is 15.1 Å². The molecular formula is C20H30FN3O2. The quantitative estimate of drug-likeness (QED) is 0.875. The lowest BCUT2D eigenvalue weighted by Gasteiger charge is -2.35. The van der Waals surface area contributed by atoms with Crippen LogP contribution >= 0.6 is 0 Å². The maximum Gasteiger partial charge on any atom is 0.318 e. The van der Waals surface area contributed by atoms with Crippen molar-refractivity contribution in [2.75, 3.05) is 33.3 Å². The minimum atomic E-state index is -0.249. The molecule has 144 valence electrons. The third-order valence-corrected chi connectivity index (χ3v) is 5.37. The van der Waals surface area contributed by atoms with Crippen LogP contribution in [0.3, 0.4) is 0 Å². The molecule has 2 aliphatic rings. The summed E-state index contributed by atoms with van der Waals surface area (Å²) < 4.78 is 18.9. The molecule has 0 aromatic heterocycles. The summed E-state index contributed by atoms with van der Waals surface area (Å²) in [6.45, 7) is 3.52. The van der Waals surface area contributed by atoms with Gasteiger partial charge in [-0.05, 0) is 37.6 Å². The summed E-state index contributed by atoms with van der Waals surface area (Å²) in [5, 5.41) is 3.06. The van der Waals surface area contributed by atoms with Crippen LogP contribution in [0.25, 0.3) is 0 Å². The van der Waals surface area contributed by atoms with Gasteiger partial charge in [0.25, 0.3) is 0 Å². The van der Waals surface area contributed by atoms with E-state index >= 15 is 0 Å². The van der Waals surface area contributed by atoms with Crippen LogP contribution in [-0.2, 0) is 11.3 Å². The molecule has 1 aromatic rings. The van der Waals surface area contributed by atoms with Gasteiger partial charge in [0.15, 0.2) is 0 Å². The first-order valence-electron chi connectivity index (χ1n) is 9.71. The molecule has 6 heteroatoms. The number of nitrogens with zero attached hydrogens (tertiary/aromatic N) is 2. The molecule has 1 aliphatic carbocycles. The average molecular weight is 363 g/mol. The lowest BCUT2D eigenvalue weighted by atomic mass is 9.94. The molecule has 2 amide bonds. The Balaban J connectivity index is 1.61. The molecule has 0 spiro atoms. The van der Waals surface area contributed by atoms with Crippen LogP contribution in [-0.4, -0.2) is 61.3 Å². The van der Waals surface area contributed by atoms with Crippen LogP contribution < -0.4 is 5.32 Å². The topological polar surface area (TPSA) is 44.8 Å². The minimum absolute atomic E-state index is 0.0386. The Labute approximate surface area is 155 Å². The molecule has 0 radical (unpaired) electrons. The van der Waals surface area contributed by atoms with Crippen molar-refractivity contribution in [3.63, 3.8) is 0 Å². The van der Waals surface area contributed by atoms with Crippen LogP contribution in [0.2, 0.25) is 0 Å². The summed E-state index contributed by atoms with van der Waals surface area (Å²) in [6.07, 6.45) is 5.68. The van der Waals surface area contributed by atoms with E-state index in [0.29, 0.717) is 19.7 Å². The van der Waals surface area contributed by atoms with Crippen LogP contribution in [0.4, 0.5) is 9.18 Å². The molecule has 0 bridgehead atoms. The molecule has 1 N–H and O–H groups in total. The number of hydrogen-bond donors (Lipinski definition) is 1. The molecule has 3 rings (SSSR count). The number of urea groups is 1. The fourth-order valence-corrected chi connectivity index (χ4v) is 3.84. The van der Waals surface area contributed by atoms with Crippen LogP contribution in [0.5, 0.6) is 0 Å². The summed E-state index contributed by atoms with van der Waals surface area (Å²) in [7, 11) is 2.07. The Kier molecular flexibility index (Phi) is 6.86. The highest BCUT2D eigenvalue weighted by atomic mass is 19.1. The van der Waals surface area contributed by atoms with E-state index in [1.165, 1.54) is 18.6 Å². The monoisotopic (exact) mass is 363 g/mol. The van der Waals surface area contributed by atoms with Crippen LogP contribution in [0.15, 0.2) is 24.3 Å². The summed E-state index contributed by atoms with van der Waals surface area (Å²) >= 11 is 0. The Bertz CT molecular complexity index is 575. The number of likely N-dealkylation sites (N-methyl/N-ethyl adjacent to an activating group) is 1. The van der Waals surface area contributed by atoms with E-state index in [0.717, 1.165) is 44.3 Å². The normalized spacial score (nSPS) is 22.2. The van der Waals surface area contributed by atoms with E-state index < -0.39 is 0 Å². The van der Waals surface area contributed by atoms with Crippen molar-refractivity contribution >= 4 is 6.03 Å². The number of carbonyl (C=O) groups is 1. The van der Waals surface area contributed by atoms with E-state index in [1.54, 1.807) is 12.1 Å². The molecule has 5 nitrogen and oxygen atoms in total. The summed E-state index contributed by atoms with van der Waals surface area (Å²) in [6, 6.07) is 6.65. The van der Waals surface area contributed by atoms with Gasteiger partial charge in [0, 0.05) is 32.2 Å². The largest absolute Gasteiger partial charge is 0.374 e. The molecule has 26 heavy (non-hydrogen) atoms. The average Bonchev–Trinajstić information content (AvgIpc) is 2.66. The van der Waals surface area contributed by atoms with Gasteiger partial charge in [-0.2, -0.15) is 0 Å². The van der Waals surface area contributed by atoms with Gasteiger partial charge in [0.2, 0.25) is 0 Å². The number of ether oxygens (including phenoxy) is 1. The maximum absolute atomic E-state index is 13.2. The highest BCUT2D eigenvalue weighted by Gasteiger charge is 2.26. The molecule has 1 heterocycles. The molecule has 1 saturated carbocycles. The zero-order valence-electron chi connectivity index (χ0n) is 15.6. The predicted octanol–water partition coefficient (Wildman–Crippen LogP) is 3.00. The molecule has 2 fully saturated rings. The third-order valence-electron chi connectivity index (χ3n) is 5.37. The number of amides is 2. The first-order valence-corrected chi connectivity index (χ1v) is 9.71. The standard InChI is InChI=1S/C20H30FN3O2/c1-23-11-12-26-19(15-23)13-22-20(25)24(18-5-3-2-4-6-18)14-16-7-9-17(21)10-8-16/h7-10,18-19H,2-6,11-15H2,1H3,(H,22,25)/t19-/m0/s1. The number of hydrogen-bond acceptors (Lipinski definition) is 3. The second kappa shape index (κ2) is 9.33. The summed E-state index contributed by atoms with van der Waals surface area (Å²) in [5.41, 5.74) is 0.959. The molecule has 0 unspecified atom stereocenters. The summed E-state index contributed by atoms with van der Waals surface area (Å²) in [4.78, 5) is 17.1. The zero-order chi connectivity index (χ0) is 18.4. The third kappa shape index (κ3) is 5.42. The number of carbonyl (C=O) groups excluding carboxylic acids is 1. The molecule has 1 saturated heterocycles. The second-order valence-electron chi connectivity index (χ2n) is 7.49. The molecule has 1 aromatic carbocycles. The number of rotatable bonds is 5. The van der Waals surface area contributed by atoms with Gasteiger partial charge in [-0.3, -0.25) is 0 Å². The SMILES string of the molecule is CN1CCO[C@@H](CNC(=O)N(Cc2ccc(F)cc2)C2CCCCC2)C1. The van der Waals surface area contributed by atoms with Gasteiger partial charge in [-0.1, -0.05) is 31.4 Å². The summed E-state index contributed by atoms with van der Waals surface area (Å²) in [5.74, 6) is -0.249. The first-order chi connectivity index (χ1) is 12.6. The van der Waals surface area contributed by atoms with Gasteiger partial charge in [0.1, 0.15) is 5.82 Å². The zero-order valence-corrected chi connectivity index (χ0v) is 15.6. The Hall–Kier alpha value is -1.66. The molecular weight excluding hydrogens is 333 g/mol. The highest BCUT2D eigenvalue weighted by molar-refractivity contribution is 5.74. The van der Waals surface area contributed by atoms with E-state index in [1.807, 2.05) is 4.90 Å². The van der Waals surface area contributed by atoms with Gasteiger partial charge >= 0.3 is 6.03 Å². The van der Waals surface area contributed by atoms with Crippen LogP contribution in [0.1, 0.15) is 37.7 Å². The molecule has 1 atom stereocenters. The Morgan fingerprint density at radius 1 is 1.27 bits per heavy atom. The van der Waals surface area contributed by atoms with E-state index in [-0.39, 0.29) is 24.0 Å². The lowest BCUT2D eigenvalue weighted by molar-refractivity contribution is -0.0175.